The van der Waals surface area contributed by atoms with Gasteiger partial charge in [-0.1, -0.05) is 54.2 Å². The van der Waals surface area contributed by atoms with Gasteiger partial charge >= 0.3 is 0 Å². The minimum Gasteiger partial charge on any atom is -0.379 e. The van der Waals surface area contributed by atoms with Gasteiger partial charge in [-0.25, -0.2) is 8.42 Å². The van der Waals surface area contributed by atoms with E-state index in [1.165, 1.54) is 16.1 Å². The van der Waals surface area contributed by atoms with Crippen LogP contribution in [0.5, 0.6) is 0 Å². The summed E-state index contributed by atoms with van der Waals surface area (Å²) in [5.41, 5.74) is 1.70. The minimum absolute atomic E-state index is 0.214. The molecule has 2 heterocycles. The van der Waals surface area contributed by atoms with Gasteiger partial charge in [0, 0.05) is 18.7 Å². The second kappa shape index (κ2) is 9.83. The van der Waals surface area contributed by atoms with Crippen LogP contribution >= 0.6 is 11.8 Å². The number of hydrogen-bond acceptors (Lipinski definition) is 7. The Hall–Kier alpha value is -2.71. The van der Waals surface area contributed by atoms with Crippen LogP contribution < -0.4 is 0 Å². The molecule has 0 aliphatic carbocycles. The molecule has 1 aliphatic heterocycles. The molecule has 2 aromatic carbocycles. The summed E-state index contributed by atoms with van der Waals surface area (Å²) in [5.74, 6) is 0.556. The first-order valence-electron chi connectivity index (χ1n) is 10.2. The average Bonchev–Trinajstić information content (AvgIpc) is 3.22. The summed E-state index contributed by atoms with van der Waals surface area (Å²) < 4.78 is 34.9. The molecule has 1 saturated heterocycles. The first-order chi connectivity index (χ1) is 15.5. The third-order valence-corrected chi connectivity index (χ3v) is 7.93. The molecule has 0 spiro atoms. The largest absolute Gasteiger partial charge is 0.379 e. The monoisotopic (exact) mass is 469 g/mol. The van der Waals surface area contributed by atoms with E-state index in [0.717, 1.165) is 5.56 Å². The highest BCUT2D eigenvalue weighted by Crippen LogP contribution is 2.29. The molecule has 32 heavy (non-hydrogen) atoms. The average molecular weight is 470 g/mol. The number of nitriles is 1. The lowest BCUT2D eigenvalue weighted by Crippen LogP contribution is -2.40. The van der Waals surface area contributed by atoms with Crippen molar-refractivity contribution in [2.75, 3.05) is 26.3 Å². The standard InChI is InChI=1S/C22H23N5O3S2/c1-17(15-23)31-22-25-24-21(27(22)16-18-6-3-2-4-7-18)19-8-5-9-20(14-19)32(28,29)26-10-12-30-13-11-26/h2-9,14,17H,10-13,16H2,1H3/t17-/m1/s1. The molecule has 0 N–H and O–H groups in total. The van der Waals surface area contributed by atoms with Crippen LogP contribution in [-0.2, 0) is 21.3 Å². The van der Waals surface area contributed by atoms with Crippen molar-refractivity contribution in [3.8, 4) is 17.5 Å². The molecule has 0 amide bonds. The Labute approximate surface area is 191 Å². The summed E-state index contributed by atoms with van der Waals surface area (Å²) in [5, 5.41) is 18.2. The fraction of sp³-hybridized carbons (Fsp3) is 0.318. The molecular formula is C22H23N5O3S2. The predicted octanol–water partition coefficient (Wildman–Crippen LogP) is 3.02. The van der Waals surface area contributed by atoms with Crippen molar-refractivity contribution in [2.24, 2.45) is 0 Å². The molecule has 1 aromatic heterocycles. The third kappa shape index (κ3) is 4.86. The lowest BCUT2D eigenvalue weighted by molar-refractivity contribution is 0.0730. The van der Waals surface area contributed by atoms with Crippen molar-refractivity contribution in [1.82, 2.24) is 19.1 Å². The Morgan fingerprint density at radius 3 is 2.59 bits per heavy atom. The molecule has 0 radical (unpaired) electrons. The van der Waals surface area contributed by atoms with Gasteiger partial charge in [-0.2, -0.15) is 9.57 Å². The smallest absolute Gasteiger partial charge is 0.243 e. The third-order valence-electron chi connectivity index (χ3n) is 5.06. The van der Waals surface area contributed by atoms with Crippen LogP contribution in [0.15, 0.2) is 64.6 Å². The topological polar surface area (TPSA) is 101 Å². The predicted molar refractivity (Wildman–Crippen MR) is 122 cm³/mol. The van der Waals surface area contributed by atoms with E-state index in [9.17, 15) is 13.7 Å². The van der Waals surface area contributed by atoms with Gasteiger partial charge in [0.2, 0.25) is 10.0 Å². The van der Waals surface area contributed by atoms with Gasteiger partial charge in [0.1, 0.15) is 0 Å². The lowest BCUT2D eigenvalue weighted by atomic mass is 10.2. The second-order valence-electron chi connectivity index (χ2n) is 7.31. The first kappa shape index (κ1) is 22.5. The number of morpholine rings is 1. The fourth-order valence-corrected chi connectivity index (χ4v) is 5.60. The van der Waals surface area contributed by atoms with Crippen LogP contribution in [0, 0.1) is 11.3 Å². The molecular weight excluding hydrogens is 446 g/mol. The molecule has 1 fully saturated rings. The van der Waals surface area contributed by atoms with Gasteiger partial charge in [0.25, 0.3) is 0 Å². The summed E-state index contributed by atoms with van der Waals surface area (Å²) in [6, 6.07) is 18.9. The Morgan fingerprint density at radius 2 is 1.88 bits per heavy atom. The zero-order valence-electron chi connectivity index (χ0n) is 17.6. The fourth-order valence-electron chi connectivity index (χ4n) is 3.41. The molecule has 0 saturated carbocycles. The van der Waals surface area contributed by atoms with Crippen molar-refractivity contribution < 1.29 is 13.2 Å². The van der Waals surface area contributed by atoms with Crippen LogP contribution in [0.3, 0.4) is 0 Å². The number of rotatable bonds is 7. The van der Waals surface area contributed by atoms with E-state index in [2.05, 4.69) is 16.3 Å². The van der Waals surface area contributed by atoms with Gasteiger partial charge in [-0.15, -0.1) is 10.2 Å². The van der Waals surface area contributed by atoms with E-state index in [0.29, 0.717) is 49.4 Å². The minimum atomic E-state index is -3.63. The van der Waals surface area contributed by atoms with E-state index in [1.54, 1.807) is 25.1 Å². The summed E-state index contributed by atoms with van der Waals surface area (Å²) in [7, 11) is -3.63. The van der Waals surface area contributed by atoms with E-state index in [-0.39, 0.29) is 10.1 Å². The molecule has 4 rings (SSSR count). The summed E-state index contributed by atoms with van der Waals surface area (Å²) in [6.45, 7) is 3.77. The number of hydrogen-bond donors (Lipinski definition) is 0. The number of thioether (sulfide) groups is 1. The zero-order valence-corrected chi connectivity index (χ0v) is 19.2. The van der Waals surface area contributed by atoms with E-state index < -0.39 is 10.0 Å². The molecule has 166 valence electrons. The maximum Gasteiger partial charge on any atom is 0.243 e. The highest BCUT2D eigenvalue weighted by molar-refractivity contribution is 8.00. The molecule has 1 aliphatic rings. The van der Waals surface area contributed by atoms with Crippen molar-refractivity contribution in [3.63, 3.8) is 0 Å². The first-order valence-corrected chi connectivity index (χ1v) is 12.5. The molecule has 0 unspecified atom stereocenters. The Bertz CT molecular complexity index is 1220. The molecule has 3 aromatic rings. The number of ether oxygens (including phenoxy) is 1. The number of aromatic nitrogens is 3. The normalized spacial score (nSPS) is 15.9. The van der Waals surface area contributed by atoms with E-state index in [4.69, 9.17) is 4.74 Å². The van der Waals surface area contributed by atoms with Crippen molar-refractivity contribution >= 4 is 21.8 Å². The Kier molecular flexibility index (Phi) is 6.91. The lowest BCUT2D eigenvalue weighted by Gasteiger charge is -2.26. The number of benzene rings is 2. The SMILES string of the molecule is C[C@H](C#N)Sc1nnc(-c2cccc(S(=O)(=O)N3CCOCC3)c2)n1Cc1ccccc1. The van der Waals surface area contributed by atoms with Gasteiger partial charge in [-0.3, -0.25) is 4.57 Å². The van der Waals surface area contributed by atoms with E-state index >= 15 is 0 Å². The maximum atomic E-state index is 13.1. The maximum absolute atomic E-state index is 13.1. The molecule has 10 heteroatoms. The summed E-state index contributed by atoms with van der Waals surface area (Å²) in [6.07, 6.45) is 0. The van der Waals surface area contributed by atoms with Crippen LogP contribution in [0.1, 0.15) is 12.5 Å². The second-order valence-corrected chi connectivity index (χ2v) is 10.6. The molecule has 1 atom stereocenters. The van der Waals surface area contributed by atoms with Crippen LogP contribution in [0.25, 0.3) is 11.4 Å². The van der Waals surface area contributed by atoms with E-state index in [1.807, 2.05) is 41.0 Å². The Balaban J connectivity index is 1.73. The Morgan fingerprint density at radius 1 is 1.12 bits per heavy atom. The van der Waals surface area contributed by atoms with Crippen molar-refractivity contribution in [2.45, 2.75) is 28.8 Å². The number of sulfonamides is 1. The summed E-state index contributed by atoms with van der Waals surface area (Å²) >= 11 is 1.33. The van der Waals surface area contributed by atoms with Crippen molar-refractivity contribution in [1.29, 1.82) is 5.26 Å². The van der Waals surface area contributed by atoms with Crippen LogP contribution in [0.4, 0.5) is 0 Å². The molecule has 0 bridgehead atoms. The highest BCUT2D eigenvalue weighted by atomic mass is 32.2. The molecule has 8 nitrogen and oxygen atoms in total. The van der Waals surface area contributed by atoms with Gasteiger partial charge in [0.05, 0.1) is 36.0 Å². The quantitative estimate of drug-likeness (QED) is 0.490. The number of nitrogens with zero attached hydrogens (tertiary/aromatic N) is 5. The van der Waals surface area contributed by atoms with Gasteiger partial charge < -0.3 is 4.74 Å². The van der Waals surface area contributed by atoms with Gasteiger partial charge in [-0.05, 0) is 24.6 Å². The summed E-state index contributed by atoms with van der Waals surface area (Å²) in [4.78, 5) is 0.214. The van der Waals surface area contributed by atoms with Crippen LogP contribution in [-0.4, -0.2) is 59.0 Å². The van der Waals surface area contributed by atoms with Crippen molar-refractivity contribution in [3.05, 3.63) is 60.2 Å². The van der Waals surface area contributed by atoms with Crippen LogP contribution in [0.2, 0.25) is 0 Å². The highest BCUT2D eigenvalue weighted by Gasteiger charge is 2.27. The zero-order chi connectivity index (χ0) is 22.6. The van der Waals surface area contributed by atoms with Gasteiger partial charge in [0.15, 0.2) is 11.0 Å².